The molecule has 1 atom stereocenters. The molecule has 0 heterocycles. The molecule has 112 valence electrons. The van der Waals surface area contributed by atoms with Gasteiger partial charge in [0.25, 0.3) is 0 Å². The zero-order chi connectivity index (χ0) is 15.4. The monoisotopic (exact) mass is 349 g/mol. The Bertz CT molecular complexity index is 625. The van der Waals surface area contributed by atoms with Gasteiger partial charge in [-0.15, -0.1) is 0 Å². The third kappa shape index (κ3) is 4.14. The molecule has 0 aromatic heterocycles. The van der Waals surface area contributed by atoms with Crippen molar-refractivity contribution in [1.29, 1.82) is 0 Å². The molecule has 0 saturated carbocycles. The lowest BCUT2D eigenvalue weighted by Crippen LogP contribution is -2.24. The van der Waals surface area contributed by atoms with E-state index in [0.29, 0.717) is 6.42 Å². The van der Waals surface area contributed by atoms with Crippen molar-refractivity contribution in [3.63, 3.8) is 0 Å². The molecule has 0 aliphatic carbocycles. The molecule has 3 heteroatoms. The molecule has 0 spiro atoms. The van der Waals surface area contributed by atoms with E-state index in [2.05, 4.69) is 60.2 Å². The summed E-state index contributed by atoms with van der Waals surface area (Å²) < 4.78 is 14.9. The fourth-order valence-electron chi connectivity index (χ4n) is 2.58. The van der Waals surface area contributed by atoms with Gasteiger partial charge >= 0.3 is 0 Å². The van der Waals surface area contributed by atoms with Crippen molar-refractivity contribution in [3.05, 3.63) is 68.9 Å². The van der Waals surface area contributed by atoms with Crippen LogP contribution in [0.1, 0.15) is 35.2 Å². The summed E-state index contributed by atoms with van der Waals surface area (Å²) in [6.45, 7) is 7.13. The Balaban J connectivity index is 2.32. The molecular formula is C18H21BrFN. The van der Waals surface area contributed by atoms with Crippen molar-refractivity contribution in [2.75, 3.05) is 6.54 Å². The van der Waals surface area contributed by atoms with Gasteiger partial charge in [0.15, 0.2) is 0 Å². The summed E-state index contributed by atoms with van der Waals surface area (Å²) >= 11 is 3.30. The van der Waals surface area contributed by atoms with Crippen LogP contribution in [-0.4, -0.2) is 6.54 Å². The Labute approximate surface area is 134 Å². The number of rotatable bonds is 5. The van der Waals surface area contributed by atoms with E-state index in [4.69, 9.17) is 0 Å². The molecule has 2 aromatic carbocycles. The maximum Gasteiger partial charge on any atom is 0.127 e. The van der Waals surface area contributed by atoms with Crippen molar-refractivity contribution in [2.45, 2.75) is 33.2 Å². The Morgan fingerprint density at radius 2 is 1.90 bits per heavy atom. The third-order valence-electron chi connectivity index (χ3n) is 3.70. The van der Waals surface area contributed by atoms with Gasteiger partial charge < -0.3 is 5.32 Å². The summed E-state index contributed by atoms with van der Waals surface area (Å²) in [6, 6.07) is 11.8. The number of aryl methyl sites for hydroxylation is 2. The highest BCUT2D eigenvalue weighted by Crippen LogP contribution is 2.25. The van der Waals surface area contributed by atoms with Crippen LogP contribution in [0.15, 0.2) is 40.9 Å². The van der Waals surface area contributed by atoms with E-state index in [0.717, 1.165) is 16.6 Å². The van der Waals surface area contributed by atoms with E-state index < -0.39 is 0 Å². The van der Waals surface area contributed by atoms with Crippen molar-refractivity contribution >= 4 is 15.9 Å². The Morgan fingerprint density at radius 1 is 1.14 bits per heavy atom. The van der Waals surface area contributed by atoms with Crippen LogP contribution >= 0.6 is 15.9 Å². The third-order valence-corrected chi connectivity index (χ3v) is 4.19. The smallest absolute Gasteiger partial charge is 0.127 e. The van der Waals surface area contributed by atoms with Crippen LogP contribution in [0.3, 0.4) is 0 Å². The first-order chi connectivity index (χ1) is 10.0. The van der Waals surface area contributed by atoms with Crippen LogP contribution in [0, 0.1) is 19.7 Å². The van der Waals surface area contributed by atoms with Crippen molar-refractivity contribution in [1.82, 2.24) is 5.32 Å². The van der Waals surface area contributed by atoms with Gasteiger partial charge in [-0.25, -0.2) is 4.39 Å². The average Bonchev–Trinajstić information content (AvgIpc) is 2.44. The lowest BCUT2D eigenvalue weighted by Gasteiger charge is -2.21. The molecule has 2 aromatic rings. The number of hydrogen-bond donors (Lipinski definition) is 1. The van der Waals surface area contributed by atoms with E-state index >= 15 is 0 Å². The molecular weight excluding hydrogens is 329 g/mol. The van der Waals surface area contributed by atoms with Gasteiger partial charge in [-0.1, -0.05) is 52.7 Å². The second kappa shape index (κ2) is 7.19. The molecule has 0 aliphatic heterocycles. The molecule has 0 saturated heterocycles. The summed E-state index contributed by atoms with van der Waals surface area (Å²) in [5.74, 6) is -0.155. The lowest BCUT2D eigenvalue weighted by atomic mass is 9.93. The molecule has 1 nitrogen and oxygen atoms in total. The van der Waals surface area contributed by atoms with E-state index in [1.54, 1.807) is 0 Å². The number of likely N-dealkylation sites (N-methyl/N-ethyl adjacent to an activating group) is 1. The van der Waals surface area contributed by atoms with E-state index in [1.807, 2.05) is 12.1 Å². The first kappa shape index (κ1) is 16.2. The molecule has 0 aliphatic rings. The van der Waals surface area contributed by atoms with Crippen LogP contribution in [0.5, 0.6) is 0 Å². The van der Waals surface area contributed by atoms with E-state index in [9.17, 15) is 4.39 Å². The minimum Gasteiger partial charge on any atom is -0.310 e. The SMILES string of the molecule is CCNC(Cc1ccc(Br)cc1F)c1cc(C)ccc1C. The van der Waals surface area contributed by atoms with Gasteiger partial charge in [-0.05, 0) is 55.6 Å². The molecule has 0 fully saturated rings. The minimum atomic E-state index is -0.155. The van der Waals surface area contributed by atoms with Crippen LogP contribution in [0.2, 0.25) is 0 Å². The highest BCUT2D eigenvalue weighted by molar-refractivity contribution is 9.10. The second-order valence-corrected chi connectivity index (χ2v) is 6.33. The zero-order valence-corrected chi connectivity index (χ0v) is 14.3. The highest BCUT2D eigenvalue weighted by atomic mass is 79.9. The highest BCUT2D eigenvalue weighted by Gasteiger charge is 2.16. The summed E-state index contributed by atoms with van der Waals surface area (Å²) in [4.78, 5) is 0. The van der Waals surface area contributed by atoms with Crippen molar-refractivity contribution in [2.24, 2.45) is 0 Å². The second-order valence-electron chi connectivity index (χ2n) is 5.41. The summed E-state index contributed by atoms with van der Waals surface area (Å²) in [7, 11) is 0. The summed E-state index contributed by atoms with van der Waals surface area (Å²) in [5.41, 5.74) is 4.46. The molecule has 1 unspecified atom stereocenters. The standard InChI is InChI=1S/C18H21BrFN/c1-4-21-18(16-9-12(2)5-6-13(16)3)10-14-7-8-15(19)11-17(14)20/h5-9,11,18,21H,4,10H2,1-3H3. The first-order valence-corrected chi connectivity index (χ1v) is 8.05. The molecule has 1 N–H and O–H groups in total. The Kier molecular flexibility index (Phi) is 5.54. The summed E-state index contributed by atoms with van der Waals surface area (Å²) in [5, 5.41) is 3.48. The maximum absolute atomic E-state index is 14.1. The lowest BCUT2D eigenvalue weighted by molar-refractivity contribution is 0.525. The number of benzene rings is 2. The molecule has 0 bridgehead atoms. The van der Waals surface area contributed by atoms with Gasteiger partial charge in [-0.3, -0.25) is 0 Å². The largest absolute Gasteiger partial charge is 0.310 e. The molecule has 21 heavy (non-hydrogen) atoms. The molecule has 0 radical (unpaired) electrons. The van der Waals surface area contributed by atoms with Crippen LogP contribution in [0.4, 0.5) is 4.39 Å². The normalized spacial score (nSPS) is 12.4. The number of nitrogens with one attached hydrogen (secondary N) is 1. The predicted molar refractivity (Wildman–Crippen MR) is 90.1 cm³/mol. The van der Waals surface area contributed by atoms with E-state index in [-0.39, 0.29) is 11.9 Å². The first-order valence-electron chi connectivity index (χ1n) is 7.25. The van der Waals surface area contributed by atoms with Gasteiger partial charge in [0.05, 0.1) is 0 Å². The van der Waals surface area contributed by atoms with Gasteiger partial charge in [0.2, 0.25) is 0 Å². The van der Waals surface area contributed by atoms with Crippen molar-refractivity contribution in [3.8, 4) is 0 Å². The van der Waals surface area contributed by atoms with Crippen LogP contribution in [-0.2, 0) is 6.42 Å². The fourth-order valence-corrected chi connectivity index (χ4v) is 2.91. The number of hydrogen-bond acceptors (Lipinski definition) is 1. The van der Waals surface area contributed by atoms with Gasteiger partial charge in [-0.2, -0.15) is 0 Å². The maximum atomic E-state index is 14.1. The Hall–Kier alpha value is -1.19. The van der Waals surface area contributed by atoms with Crippen molar-refractivity contribution < 1.29 is 4.39 Å². The predicted octanol–water partition coefficient (Wildman–Crippen LogP) is 5.10. The molecule has 0 amide bonds. The number of halogens is 2. The topological polar surface area (TPSA) is 12.0 Å². The quantitative estimate of drug-likeness (QED) is 0.791. The average molecular weight is 350 g/mol. The van der Waals surface area contributed by atoms with Crippen LogP contribution in [0.25, 0.3) is 0 Å². The summed E-state index contributed by atoms with van der Waals surface area (Å²) in [6.07, 6.45) is 0.650. The zero-order valence-electron chi connectivity index (χ0n) is 12.7. The van der Waals surface area contributed by atoms with Crippen LogP contribution < -0.4 is 5.32 Å². The van der Waals surface area contributed by atoms with Gasteiger partial charge in [0, 0.05) is 10.5 Å². The molecule has 2 rings (SSSR count). The van der Waals surface area contributed by atoms with Gasteiger partial charge in [0.1, 0.15) is 5.82 Å². The van der Waals surface area contributed by atoms with E-state index in [1.165, 1.54) is 22.8 Å². The minimum absolute atomic E-state index is 0.130. The Morgan fingerprint density at radius 3 is 2.57 bits per heavy atom. The fraction of sp³-hybridized carbons (Fsp3) is 0.333.